The standard InChI is InChI=1S/C17H18F2N4O.ClH/c18-13-6-14(19)8-15(7-13)22-17(24)11-23-5-4-21-10-16(23)12-2-1-3-20-9-12;/h1-3,6-9,16,21H,4-5,10-11H2,(H,22,24);1H. The largest absolute Gasteiger partial charge is 0.325 e. The summed E-state index contributed by atoms with van der Waals surface area (Å²) in [6.45, 7) is 2.33. The maximum absolute atomic E-state index is 13.2. The number of carbonyl (C=O) groups is 1. The van der Waals surface area contributed by atoms with Crippen LogP contribution >= 0.6 is 12.4 Å². The van der Waals surface area contributed by atoms with Crippen LogP contribution < -0.4 is 10.6 Å². The van der Waals surface area contributed by atoms with Crippen LogP contribution in [0.5, 0.6) is 0 Å². The summed E-state index contributed by atoms with van der Waals surface area (Å²) in [5.74, 6) is -1.75. The van der Waals surface area contributed by atoms with Crippen LogP contribution in [0.15, 0.2) is 42.7 Å². The average Bonchev–Trinajstić information content (AvgIpc) is 2.55. The molecule has 1 saturated heterocycles. The number of amides is 1. The SMILES string of the molecule is Cl.O=C(CN1CCNCC1c1cccnc1)Nc1cc(F)cc(F)c1. The van der Waals surface area contributed by atoms with Crippen LogP contribution in [-0.2, 0) is 4.79 Å². The van der Waals surface area contributed by atoms with Crippen molar-refractivity contribution < 1.29 is 13.6 Å². The molecule has 0 radical (unpaired) electrons. The van der Waals surface area contributed by atoms with E-state index in [1.165, 1.54) is 0 Å². The third-order valence-electron chi connectivity index (χ3n) is 3.92. The zero-order valence-corrected chi connectivity index (χ0v) is 14.2. The van der Waals surface area contributed by atoms with E-state index in [0.29, 0.717) is 13.1 Å². The number of pyridine rings is 1. The zero-order valence-electron chi connectivity index (χ0n) is 13.4. The van der Waals surface area contributed by atoms with E-state index in [0.717, 1.165) is 30.3 Å². The number of hydrogen-bond acceptors (Lipinski definition) is 4. The summed E-state index contributed by atoms with van der Waals surface area (Å²) in [6.07, 6.45) is 3.49. The van der Waals surface area contributed by atoms with Gasteiger partial charge in [0.25, 0.3) is 0 Å². The molecule has 134 valence electrons. The molecule has 1 amide bonds. The van der Waals surface area contributed by atoms with E-state index in [9.17, 15) is 13.6 Å². The Kier molecular flexibility index (Phi) is 6.81. The predicted octanol–water partition coefficient (Wildman–Crippen LogP) is 2.37. The molecule has 0 aliphatic carbocycles. The molecular weight excluding hydrogens is 350 g/mol. The molecule has 1 aromatic heterocycles. The van der Waals surface area contributed by atoms with Crippen molar-refractivity contribution in [2.45, 2.75) is 6.04 Å². The summed E-state index contributed by atoms with van der Waals surface area (Å²) in [6, 6.07) is 6.82. The first-order valence-corrected chi connectivity index (χ1v) is 7.72. The Morgan fingerprint density at radius 3 is 2.76 bits per heavy atom. The molecule has 2 heterocycles. The fraction of sp³-hybridized carbons (Fsp3) is 0.294. The number of anilines is 1. The van der Waals surface area contributed by atoms with E-state index in [1.54, 1.807) is 12.4 Å². The molecular formula is C17H19ClF2N4O. The molecule has 1 unspecified atom stereocenters. The van der Waals surface area contributed by atoms with E-state index >= 15 is 0 Å². The normalized spacial score (nSPS) is 17.6. The average molecular weight is 369 g/mol. The number of benzene rings is 1. The van der Waals surface area contributed by atoms with Crippen LogP contribution in [0.2, 0.25) is 0 Å². The summed E-state index contributed by atoms with van der Waals surface area (Å²) in [5.41, 5.74) is 1.14. The van der Waals surface area contributed by atoms with Gasteiger partial charge in [0.2, 0.25) is 5.91 Å². The fourth-order valence-corrected chi connectivity index (χ4v) is 2.85. The van der Waals surface area contributed by atoms with E-state index in [4.69, 9.17) is 0 Å². The molecule has 1 aliphatic heterocycles. The topological polar surface area (TPSA) is 57.3 Å². The van der Waals surface area contributed by atoms with Gasteiger partial charge >= 0.3 is 0 Å². The van der Waals surface area contributed by atoms with E-state index in [2.05, 4.69) is 15.6 Å². The third-order valence-corrected chi connectivity index (χ3v) is 3.92. The van der Waals surface area contributed by atoms with Crippen molar-refractivity contribution in [1.29, 1.82) is 0 Å². The van der Waals surface area contributed by atoms with E-state index in [1.807, 2.05) is 17.0 Å². The number of halogens is 3. The lowest BCUT2D eigenvalue weighted by atomic mass is 10.1. The summed E-state index contributed by atoms with van der Waals surface area (Å²) in [4.78, 5) is 18.4. The Morgan fingerprint density at radius 1 is 1.32 bits per heavy atom. The number of nitrogens with one attached hydrogen (secondary N) is 2. The van der Waals surface area contributed by atoms with Crippen molar-refractivity contribution in [1.82, 2.24) is 15.2 Å². The lowest BCUT2D eigenvalue weighted by Gasteiger charge is -2.35. The van der Waals surface area contributed by atoms with Crippen molar-refractivity contribution in [3.63, 3.8) is 0 Å². The van der Waals surface area contributed by atoms with E-state index < -0.39 is 11.6 Å². The highest BCUT2D eigenvalue weighted by Gasteiger charge is 2.25. The lowest BCUT2D eigenvalue weighted by molar-refractivity contribution is -0.118. The van der Waals surface area contributed by atoms with Crippen LogP contribution in [0.1, 0.15) is 11.6 Å². The van der Waals surface area contributed by atoms with Gasteiger partial charge in [0, 0.05) is 49.8 Å². The Hall–Kier alpha value is -2.09. The van der Waals surface area contributed by atoms with Gasteiger partial charge < -0.3 is 10.6 Å². The molecule has 5 nitrogen and oxygen atoms in total. The molecule has 3 rings (SSSR count). The highest BCUT2D eigenvalue weighted by Crippen LogP contribution is 2.21. The molecule has 1 aliphatic rings. The minimum Gasteiger partial charge on any atom is -0.325 e. The molecule has 25 heavy (non-hydrogen) atoms. The van der Waals surface area contributed by atoms with Crippen LogP contribution in [0.4, 0.5) is 14.5 Å². The van der Waals surface area contributed by atoms with Gasteiger partial charge in [-0.15, -0.1) is 12.4 Å². The number of carbonyl (C=O) groups excluding carboxylic acids is 1. The molecule has 1 aromatic carbocycles. The first-order chi connectivity index (χ1) is 11.6. The second-order valence-electron chi connectivity index (χ2n) is 5.68. The Labute approximate surface area is 150 Å². The molecule has 0 spiro atoms. The van der Waals surface area contributed by atoms with Gasteiger partial charge in [0.15, 0.2) is 0 Å². The summed E-state index contributed by atoms with van der Waals surface area (Å²) in [5, 5.41) is 5.85. The van der Waals surface area contributed by atoms with E-state index in [-0.39, 0.29) is 36.6 Å². The molecule has 1 atom stereocenters. The highest BCUT2D eigenvalue weighted by atomic mass is 35.5. The molecule has 0 saturated carbocycles. The minimum atomic E-state index is -0.722. The van der Waals surface area contributed by atoms with Crippen molar-refractivity contribution in [2.24, 2.45) is 0 Å². The number of hydrogen-bond donors (Lipinski definition) is 2. The Balaban J connectivity index is 0.00000225. The van der Waals surface area contributed by atoms with Gasteiger partial charge in [-0.1, -0.05) is 6.07 Å². The maximum atomic E-state index is 13.2. The minimum absolute atomic E-state index is 0. The van der Waals surface area contributed by atoms with Crippen molar-refractivity contribution >= 4 is 24.0 Å². The second kappa shape index (κ2) is 8.84. The first kappa shape index (κ1) is 19.2. The fourth-order valence-electron chi connectivity index (χ4n) is 2.85. The summed E-state index contributed by atoms with van der Waals surface area (Å²) in [7, 11) is 0. The smallest absolute Gasteiger partial charge is 0.238 e. The summed E-state index contributed by atoms with van der Waals surface area (Å²) < 4.78 is 26.4. The van der Waals surface area contributed by atoms with Crippen LogP contribution in [0, 0.1) is 11.6 Å². The highest BCUT2D eigenvalue weighted by molar-refractivity contribution is 5.92. The van der Waals surface area contributed by atoms with Crippen LogP contribution in [0.25, 0.3) is 0 Å². The quantitative estimate of drug-likeness (QED) is 0.870. The molecule has 2 N–H and O–H groups in total. The van der Waals surface area contributed by atoms with Gasteiger partial charge in [-0.05, 0) is 23.8 Å². The van der Waals surface area contributed by atoms with Gasteiger partial charge in [-0.25, -0.2) is 8.78 Å². The van der Waals surface area contributed by atoms with Gasteiger partial charge in [0.1, 0.15) is 11.6 Å². The van der Waals surface area contributed by atoms with Gasteiger partial charge in [0.05, 0.1) is 6.54 Å². The zero-order chi connectivity index (χ0) is 16.9. The molecule has 8 heteroatoms. The second-order valence-corrected chi connectivity index (χ2v) is 5.68. The van der Waals surface area contributed by atoms with Crippen LogP contribution in [-0.4, -0.2) is 42.0 Å². The Morgan fingerprint density at radius 2 is 2.08 bits per heavy atom. The first-order valence-electron chi connectivity index (χ1n) is 7.72. The molecule has 2 aromatic rings. The Bertz CT molecular complexity index is 697. The number of rotatable bonds is 4. The lowest BCUT2D eigenvalue weighted by Crippen LogP contribution is -2.48. The van der Waals surface area contributed by atoms with Gasteiger partial charge in [-0.3, -0.25) is 14.7 Å². The maximum Gasteiger partial charge on any atom is 0.238 e. The van der Waals surface area contributed by atoms with Crippen molar-refractivity contribution in [2.75, 3.05) is 31.5 Å². The number of nitrogens with zero attached hydrogens (tertiary/aromatic N) is 2. The number of aromatic nitrogens is 1. The molecule has 0 bridgehead atoms. The van der Waals surface area contributed by atoms with Gasteiger partial charge in [-0.2, -0.15) is 0 Å². The van der Waals surface area contributed by atoms with Crippen LogP contribution in [0.3, 0.4) is 0 Å². The number of piperazine rings is 1. The third kappa shape index (κ3) is 5.19. The predicted molar refractivity (Wildman–Crippen MR) is 93.7 cm³/mol. The summed E-state index contributed by atoms with van der Waals surface area (Å²) >= 11 is 0. The van der Waals surface area contributed by atoms with Crippen molar-refractivity contribution in [3.8, 4) is 0 Å². The molecule has 1 fully saturated rings. The monoisotopic (exact) mass is 368 g/mol. The van der Waals surface area contributed by atoms with Crippen molar-refractivity contribution in [3.05, 3.63) is 59.9 Å².